The number of nitrogens with zero attached hydrogens (tertiary/aromatic N) is 2. The van der Waals surface area contributed by atoms with Crippen LogP contribution >= 0.6 is 22.9 Å². The number of amidine groups is 1. The molecule has 3 aromatic rings. The summed E-state index contributed by atoms with van der Waals surface area (Å²) in [7, 11) is 0. The van der Waals surface area contributed by atoms with Crippen LogP contribution in [0.2, 0.25) is 5.02 Å². The van der Waals surface area contributed by atoms with E-state index in [1.165, 1.54) is 0 Å². The van der Waals surface area contributed by atoms with Gasteiger partial charge in [0.2, 0.25) is 11.8 Å². The molecule has 1 atom stereocenters. The fraction of sp³-hybridized carbons (Fsp3) is 0.227. The summed E-state index contributed by atoms with van der Waals surface area (Å²) in [5.41, 5.74) is 7.00. The Balaban J connectivity index is 1.47. The van der Waals surface area contributed by atoms with Crippen molar-refractivity contribution in [2.75, 3.05) is 6.54 Å². The average Bonchev–Trinajstić information content (AvgIpc) is 3.11. The Bertz CT molecular complexity index is 1140. The van der Waals surface area contributed by atoms with Gasteiger partial charge >= 0.3 is 0 Å². The molecule has 0 aliphatic carbocycles. The van der Waals surface area contributed by atoms with Crippen molar-refractivity contribution in [3.8, 4) is 0 Å². The molecule has 30 heavy (non-hydrogen) atoms. The Hall–Kier alpha value is -2.90. The van der Waals surface area contributed by atoms with E-state index in [4.69, 9.17) is 22.7 Å². The molecular formula is C22H21ClN4O2S. The number of rotatable bonds is 5. The molecule has 8 heteroatoms. The summed E-state index contributed by atoms with van der Waals surface area (Å²) in [5.74, 6) is -0.148. The molecule has 1 aliphatic rings. The monoisotopic (exact) mass is 440 g/mol. The van der Waals surface area contributed by atoms with Crippen LogP contribution in [0.4, 0.5) is 0 Å². The lowest BCUT2D eigenvalue weighted by Gasteiger charge is -2.38. The summed E-state index contributed by atoms with van der Waals surface area (Å²) >= 11 is 7.65. The highest BCUT2D eigenvalue weighted by Gasteiger charge is 2.36. The molecule has 2 aromatic carbocycles. The lowest BCUT2D eigenvalue weighted by Crippen LogP contribution is -2.57. The van der Waals surface area contributed by atoms with Gasteiger partial charge < -0.3 is 15.5 Å². The first-order valence-electron chi connectivity index (χ1n) is 9.51. The second kappa shape index (κ2) is 8.08. The summed E-state index contributed by atoms with van der Waals surface area (Å²) in [6.07, 6.45) is 0. The van der Waals surface area contributed by atoms with Crippen LogP contribution in [-0.2, 0) is 22.7 Å². The number of hydrogen-bond acceptors (Lipinski definition) is 4. The van der Waals surface area contributed by atoms with Crippen molar-refractivity contribution in [3.63, 3.8) is 0 Å². The standard InChI is InChI=1S/C22H21ClN4O2S/c1-13-22(29)26(11-18-8-16-6-7-17(23)9-19(16)30-18)12-20(28)27(13)10-14-2-4-15(5-3-14)21(24)25/h2-9,13H,10-12H2,1H3,(H3,24,25). The number of halogens is 1. The number of nitrogens with one attached hydrogen (secondary N) is 1. The smallest absolute Gasteiger partial charge is 0.245 e. The molecule has 0 spiro atoms. The van der Waals surface area contributed by atoms with Crippen molar-refractivity contribution in [2.24, 2.45) is 5.73 Å². The van der Waals surface area contributed by atoms with Crippen molar-refractivity contribution < 1.29 is 9.59 Å². The number of nitrogen functional groups attached to an aromatic ring is 1. The lowest BCUT2D eigenvalue weighted by molar-refractivity contribution is -0.156. The van der Waals surface area contributed by atoms with Gasteiger partial charge in [-0.3, -0.25) is 15.0 Å². The Kier molecular flexibility index (Phi) is 5.49. The third kappa shape index (κ3) is 4.04. The van der Waals surface area contributed by atoms with E-state index in [9.17, 15) is 9.59 Å². The van der Waals surface area contributed by atoms with Gasteiger partial charge in [-0.25, -0.2) is 0 Å². The molecule has 0 saturated carbocycles. The topological polar surface area (TPSA) is 90.5 Å². The Morgan fingerprint density at radius 3 is 2.60 bits per heavy atom. The highest BCUT2D eigenvalue weighted by Crippen LogP contribution is 2.30. The van der Waals surface area contributed by atoms with Gasteiger partial charge in [0.15, 0.2) is 0 Å². The lowest BCUT2D eigenvalue weighted by atomic mass is 10.1. The predicted molar refractivity (Wildman–Crippen MR) is 120 cm³/mol. The maximum atomic E-state index is 13.0. The Morgan fingerprint density at radius 1 is 1.17 bits per heavy atom. The van der Waals surface area contributed by atoms with Gasteiger partial charge in [0, 0.05) is 26.7 Å². The van der Waals surface area contributed by atoms with Crippen LogP contribution in [0.15, 0.2) is 48.5 Å². The molecule has 2 amide bonds. The summed E-state index contributed by atoms with van der Waals surface area (Å²) in [6, 6.07) is 14.4. The van der Waals surface area contributed by atoms with Crippen LogP contribution in [0.3, 0.4) is 0 Å². The molecule has 1 aromatic heterocycles. The number of nitrogens with two attached hydrogens (primary N) is 1. The number of carbonyl (C=O) groups is 2. The predicted octanol–water partition coefficient (Wildman–Crippen LogP) is 3.60. The zero-order valence-electron chi connectivity index (χ0n) is 16.4. The molecule has 154 valence electrons. The SMILES string of the molecule is CC1C(=O)N(Cc2cc3ccc(Cl)cc3s2)CC(=O)N1Cc1ccc(C(=N)N)cc1. The van der Waals surface area contributed by atoms with Crippen LogP contribution in [0.1, 0.15) is 22.9 Å². The molecule has 1 aliphatic heterocycles. The van der Waals surface area contributed by atoms with E-state index in [1.54, 1.807) is 40.2 Å². The van der Waals surface area contributed by atoms with Crippen molar-refractivity contribution >= 4 is 50.7 Å². The summed E-state index contributed by atoms with van der Waals surface area (Å²) in [6.45, 7) is 2.58. The molecule has 1 saturated heterocycles. The van der Waals surface area contributed by atoms with Crippen LogP contribution in [0.5, 0.6) is 0 Å². The van der Waals surface area contributed by atoms with Gasteiger partial charge in [-0.2, -0.15) is 0 Å². The van der Waals surface area contributed by atoms with Crippen molar-refractivity contribution in [1.29, 1.82) is 5.41 Å². The van der Waals surface area contributed by atoms with E-state index >= 15 is 0 Å². The maximum absolute atomic E-state index is 13.0. The molecule has 0 radical (unpaired) electrons. The summed E-state index contributed by atoms with van der Waals surface area (Å²) in [5, 5.41) is 9.23. The van der Waals surface area contributed by atoms with Crippen LogP contribution in [0.25, 0.3) is 10.1 Å². The van der Waals surface area contributed by atoms with E-state index in [-0.39, 0.29) is 24.2 Å². The number of benzene rings is 2. The third-order valence-electron chi connectivity index (χ3n) is 5.28. The number of amides is 2. The minimum atomic E-state index is -0.539. The fourth-order valence-electron chi connectivity index (χ4n) is 3.62. The molecular weight excluding hydrogens is 420 g/mol. The molecule has 0 bridgehead atoms. The molecule has 1 unspecified atom stereocenters. The largest absolute Gasteiger partial charge is 0.384 e. The minimum Gasteiger partial charge on any atom is -0.384 e. The summed E-state index contributed by atoms with van der Waals surface area (Å²) in [4.78, 5) is 30.0. The van der Waals surface area contributed by atoms with Crippen molar-refractivity contribution in [2.45, 2.75) is 26.1 Å². The average molecular weight is 441 g/mol. The second-order valence-corrected chi connectivity index (χ2v) is 9.00. The van der Waals surface area contributed by atoms with E-state index in [0.717, 1.165) is 20.5 Å². The fourth-order valence-corrected chi connectivity index (χ4v) is 4.97. The van der Waals surface area contributed by atoms with Crippen molar-refractivity contribution in [1.82, 2.24) is 9.80 Å². The summed E-state index contributed by atoms with van der Waals surface area (Å²) < 4.78 is 1.07. The number of fused-ring (bicyclic) bond motifs is 1. The van der Waals surface area contributed by atoms with E-state index < -0.39 is 6.04 Å². The Labute approximate surface area is 183 Å². The van der Waals surface area contributed by atoms with E-state index in [2.05, 4.69) is 0 Å². The first-order valence-corrected chi connectivity index (χ1v) is 10.7. The Morgan fingerprint density at radius 2 is 1.90 bits per heavy atom. The normalized spacial score (nSPS) is 17.1. The zero-order valence-corrected chi connectivity index (χ0v) is 18.0. The van der Waals surface area contributed by atoms with Crippen LogP contribution in [-0.4, -0.2) is 40.0 Å². The third-order valence-corrected chi connectivity index (χ3v) is 6.60. The molecule has 4 rings (SSSR count). The van der Waals surface area contributed by atoms with Crippen LogP contribution < -0.4 is 5.73 Å². The van der Waals surface area contributed by atoms with E-state index in [1.807, 2.05) is 36.4 Å². The molecule has 2 heterocycles. The number of thiophene rings is 1. The van der Waals surface area contributed by atoms with Crippen LogP contribution in [0, 0.1) is 5.41 Å². The quantitative estimate of drug-likeness (QED) is 0.469. The van der Waals surface area contributed by atoms with Gasteiger partial charge in [-0.15, -0.1) is 11.3 Å². The van der Waals surface area contributed by atoms with Gasteiger partial charge in [0.25, 0.3) is 0 Å². The highest BCUT2D eigenvalue weighted by molar-refractivity contribution is 7.19. The number of hydrogen-bond donors (Lipinski definition) is 2. The molecule has 6 nitrogen and oxygen atoms in total. The minimum absolute atomic E-state index is 0.00158. The number of carbonyl (C=O) groups excluding carboxylic acids is 2. The van der Waals surface area contributed by atoms with Gasteiger partial charge in [-0.1, -0.05) is 41.9 Å². The highest BCUT2D eigenvalue weighted by atomic mass is 35.5. The maximum Gasteiger partial charge on any atom is 0.245 e. The van der Waals surface area contributed by atoms with E-state index in [0.29, 0.717) is 23.7 Å². The molecule has 3 N–H and O–H groups in total. The second-order valence-electron chi connectivity index (χ2n) is 7.40. The molecule has 1 fully saturated rings. The van der Waals surface area contributed by atoms with Gasteiger partial charge in [-0.05, 0) is 36.1 Å². The first-order chi connectivity index (χ1) is 14.3. The van der Waals surface area contributed by atoms with Gasteiger partial charge in [0.1, 0.15) is 18.4 Å². The van der Waals surface area contributed by atoms with Crippen molar-refractivity contribution in [3.05, 3.63) is 69.6 Å². The zero-order chi connectivity index (χ0) is 21.4. The van der Waals surface area contributed by atoms with Gasteiger partial charge in [0.05, 0.1) is 6.54 Å². The first kappa shape index (κ1) is 20.4. The number of piperazine rings is 1.